The van der Waals surface area contributed by atoms with E-state index in [0.717, 1.165) is 0 Å². The molecule has 2 atom stereocenters. The van der Waals surface area contributed by atoms with Gasteiger partial charge in [0, 0.05) is 12.4 Å². The summed E-state index contributed by atoms with van der Waals surface area (Å²) in [5, 5.41) is 58.5. The van der Waals surface area contributed by atoms with Gasteiger partial charge in [0.25, 0.3) is 0 Å². The third kappa shape index (κ3) is 10.6. The van der Waals surface area contributed by atoms with E-state index in [1.165, 1.54) is 21.9 Å². The van der Waals surface area contributed by atoms with Crippen molar-refractivity contribution in [3.8, 4) is 23.0 Å². The normalized spacial score (nSPS) is 18.1. The molecule has 4 aliphatic heterocycles. The van der Waals surface area contributed by atoms with E-state index in [4.69, 9.17) is 30.2 Å². The largest absolute Gasteiger partial charge is 1.00 e. The van der Waals surface area contributed by atoms with Crippen LogP contribution in [0, 0.1) is 13.8 Å². The van der Waals surface area contributed by atoms with Crippen molar-refractivity contribution in [1.82, 2.24) is 29.7 Å². The van der Waals surface area contributed by atoms with Gasteiger partial charge in [0.05, 0.1) is 49.1 Å². The Morgan fingerprint density at radius 1 is 0.694 bits per heavy atom. The van der Waals surface area contributed by atoms with Crippen molar-refractivity contribution in [2.24, 2.45) is 11.5 Å². The van der Waals surface area contributed by atoms with Crippen LogP contribution in [0.15, 0.2) is 36.7 Å². The van der Waals surface area contributed by atoms with Gasteiger partial charge < -0.3 is 80.3 Å². The molecule has 2 saturated heterocycles. The predicted molar refractivity (Wildman–Crippen MR) is 208 cm³/mol. The van der Waals surface area contributed by atoms with Gasteiger partial charge in [-0.1, -0.05) is 24.8 Å². The van der Waals surface area contributed by atoms with Gasteiger partial charge in [-0.25, -0.2) is 19.6 Å². The molecule has 320 valence electrons. The van der Waals surface area contributed by atoms with Crippen LogP contribution in [0.4, 0.5) is 0 Å². The minimum Gasteiger partial charge on any atom is -0.669 e. The van der Waals surface area contributed by atoms with Gasteiger partial charge in [0.1, 0.15) is 58.6 Å². The number of H-pyrrole nitrogens is 2. The van der Waals surface area contributed by atoms with Gasteiger partial charge in [-0.2, -0.15) is 0 Å². The Labute approximate surface area is 397 Å². The van der Waals surface area contributed by atoms with Crippen molar-refractivity contribution >= 4 is 37.3 Å². The number of carboxylic acids is 2. The molecule has 4 aromatic rings. The van der Waals surface area contributed by atoms with Gasteiger partial charge >= 0.3 is 84.6 Å². The average molecular weight is 880 g/mol. The summed E-state index contributed by atoms with van der Waals surface area (Å²) in [7, 11) is 0. The van der Waals surface area contributed by atoms with Crippen molar-refractivity contribution in [1.29, 1.82) is 0 Å². The second-order valence-corrected chi connectivity index (χ2v) is 15.2. The fraction of sp³-hybridized carbons (Fsp3) is 0.389. The fourth-order valence-corrected chi connectivity index (χ4v) is 7.24. The van der Waals surface area contributed by atoms with Crippen LogP contribution >= 0.6 is 0 Å². The molecule has 0 spiro atoms. The van der Waals surface area contributed by atoms with E-state index in [0.29, 0.717) is 34.2 Å². The summed E-state index contributed by atoms with van der Waals surface area (Å²) in [5.74, 6) is -2.02. The molecule has 26 heteroatoms. The van der Waals surface area contributed by atoms with E-state index in [2.05, 4.69) is 19.9 Å². The van der Waals surface area contributed by atoms with Crippen molar-refractivity contribution in [3.63, 3.8) is 0 Å². The smallest absolute Gasteiger partial charge is 0.669 e. The van der Waals surface area contributed by atoms with E-state index in [1.54, 1.807) is 38.4 Å². The van der Waals surface area contributed by atoms with Crippen LogP contribution in [-0.2, 0) is 22.4 Å². The van der Waals surface area contributed by atoms with E-state index < -0.39 is 49.7 Å². The number of imidazole rings is 2. The third-order valence-electron chi connectivity index (χ3n) is 10.5. The zero-order valence-electron chi connectivity index (χ0n) is 34.5. The van der Waals surface area contributed by atoms with Crippen molar-refractivity contribution < 1.29 is 127 Å². The quantitative estimate of drug-likeness (QED) is 0.0662. The fourth-order valence-electron chi connectivity index (χ4n) is 7.24. The van der Waals surface area contributed by atoms with Gasteiger partial charge in [0.2, 0.25) is 11.8 Å². The Morgan fingerprint density at radius 3 is 1.35 bits per heavy atom. The maximum Gasteiger partial charge on any atom is 1.00 e. The summed E-state index contributed by atoms with van der Waals surface area (Å²) in [4.78, 5) is 65.7. The second-order valence-electron chi connectivity index (χ2n) is 15.2. The number of aromatic carboxylic acids is 2. The molecule has 0 bridgehead atoms. The number of aryl methyl sites for hydroxylation is 4. The number of hydrogen-bond acceptors (Lipinski definition) is 16. The number of carbonyl (C=O) groups is 4. The molecule has 22 nitrogen and oxygen atoms in total. The number of carboxylic acid groups (broad SMARTS) is 2. The van der Waals surface area contributed by atoms with Crippen LogP contribution in [0.5, 0.6) is 23.0 Å². The molecule has 62 heavy (non-hydrogen) atoms. The molecule has 6 heterocycles. The molecule has 2 amide bonds. The van der Waals surface area contributed by atoms with Crippen molar-refractivity contribution in [2.75, 3.05) is 26.2 Å². The molecular weight excluding hydrogens is 836 g/mol. The topological polar surface area (TPSA) is 342 Å². The Hall–Kier alpha value is -4.17. The van der Waals surface area contributed by atoms with Gasteiger partial charge in [-0.15, -0.1) is 0 Å². The number of aromatic nitrogens is 4. The average Bonchev–Trinajstić information content (AvgIpc) is 3.79. The number of hydrogen-bond donors (Lipinski definition) is 10. The second kappa shape index (κ2) is 19.3. The Morgan fingerprint density at radius 2 is 1.05 bits per heavy atom. The Bertz CT molecular complexity index is 2180. The summed E-state index contributed by atoms with van der Waals surface area (Å²) in [6.07, 6.45) is 2.84. The molecule has 2 aromatic carbocycles. The van der Waals surface area contributed by atoms with E-state index in [9.17, 15) is 49.5 Å². The first-order chi connectivity index (χ1) is 28.3. The van der Waals surface area contributed by atoms with Crippen LogP contribution in [0.25, 0.3) is 0 Å². The van der Waals surface area contributed by atoms with Crippen LogP contribution in [-0.4, -0.2) is 136 Å². The van der Waals surface area contributed by atoms with Crippen LogP contribution in [0.1, 0.15) is 67.0 Å². The number of ether oxygens (including phenoxy) is 2. The van der Waals surface area contributed by atoms with E-state index in [-0.39, 0.29) is 157 Å². The van der Waals surface area contributed by atoms with E-state index >= 15 is 0 Å². The number of likely N-dealkylation sites (tertiary alicyclic amines) is 2. The summed E-state index contributed by atoms with van der Waals surface area (Å²) in [6, 6.07) is 4.52. The van der Waals surface area contributed by atoms with Gasteiger partial charge in [-0.3, -0.25) is 9.59 Å². The van der Waals surface area contributed by atoms with Gasteiger partial charge in [0.15, 0.2) is 0 Å². The first-order valence-corrected chi connectivity index (χ1v) is 19.1. The molecule has 12 N–H and O–H groups in total. The first-order valence-electron chi connectivity index (χ1n) is 19.1. The number of nitrogens with one attached hydrogen (secondary N) is 2. The van der Waals surface area contributed by atoms with Crippen LogP contribution in [0.2, 0.25) is 12.6 Å². The molecule has 2 unspecified atom stereocenters. The number of benzene rings is 2. The summed E-state index contributed by atoms with van der Waals surface area (Å²) >= 11 is 0. The summed E-state index contributed by atoms with van der Waals surface area (Å²) in [6.45, 7) is -1.76. The SMILES string of the molecule is Cc1nc(C(N)C(=O)N2CC(Oc3ccc4c(c3C(=O)O)O[B-](O)(O)CC4)C2)c[nH]1.Cc1nc(C(N)C(=O)N2CC(Oc3ccc4c(c3C(=O)O)O[B-](O)(O)CC4)C2)c[nH]1.[Na+].[Na+]. The summed E-state index contributed by atoms with van der Waals surface area (Å²) < 4.78 is 21.8. The molecule has 0 aliphatic carbocycles. The number of nitrogens with zero attached hydrogens (tertiary/aromatic N) is 4. The first kappa shape index (κ1) is 48.9. The molecule has 0 saturated carbocycles. The number of aromatic amines is 2. The molecule has 4 aliphatic rings. The minimum atomic E-state index is -3.11. The third-order valence-corrected chi connectivity index (χ3v) is 10.5. The predicted octanol–water partition coefficient (Wildman–Crippen LogP) is -6.86. The Kier molecular flexibility index (Phi) is 15.2. The number of nitrogens with two attached hydrogens (primary N) is 2. The minimum absolute atomic E-state index is 0. The molecule has 2 aromatic heterocycles. The molecule has 2 fully saturated rings. The van der Waals surface area contributed by atoms with E-state index in [1.807, 2.05) is 0 Å². The number of amides is 2. The molecule has 0 radical (unpaired) electrons. The monoisotopic (exact) mass is 880 g/mol. The number of fused-ring (bicyclic) bond motifs is 2. The standard InChI is InChI=1S/2C18H22BN4O7.2Na/c2*1-9-21-6-12(22-9)15(20)17(24)23-7-11(8-23)29-13-3-2-10-4-5-19(27,28)30-16(10)14(13)18(25)26;;/h2*2-3,6,11,15,27-28H,4-5,7-8,20H2,1H3,(H,21,22)(H,25,26);;/q2*-1;2*+1. The van der Waals surface area contributed by atoms with Crippen molar-refractivity contribution in [3.05, 3.63) is 81.9 Å². The number of rotatable bonds is 10. The maximum atomic E-state index is 12.5. The molecule has 8 rings (SSSR count). The van der Waals surface area contributed by atoms with Crippen molar-refractivity contribution in [2.45, 2.75) is 63.6 Å². The van der Waals surface area contributed by atoms with Crippen LogP contribution < -0.4 is 89.4 Å². The zero-order valence-corrected chi connectivity index (χ0v) is 38.5. The molecular formula is C36H44B2N8Na2O14. The zero-order chi connectivity index (χ0) is 43.3. The maximum absolute atomic E-state index is 12.5. The van der Waals surface area contributed by atoms with Crippen LogP contribution in [0.3, 0.4) is 0 Å². The number of carbonyl (C=O) groups excluding carboxylic acids is 2. The Balaban J connectivity index is 0.000000227. The summed E-state index contributed by atoms with van der Waals surface area (Å²) in [5.41, 5.74) is 13.4. The van der Waals surface area contributed by atoms with Gasteiger partial charge in [-0.05, 0) is 49.9 Å².